The van der Waals surface area contributed by atoms with Crippen LogP contribution in [0.2, 0.25) is 0 Å². The minimum absolute atomic E-state index is 0.166. The molecular weight excluding hydrogens is 342 g/mol. The Morgan fingerprint density at radius 3 is 2.93 bits per heavy atom. The van der Waals surface area contributed by atoms with Gasteiger partial charge >= 0.3 is 0 Å². The summed E-state index contributed by atoms with van der Waals surface area (Å²) in [7, 11) is 0. The van der Waals surface area contributed by atoms with E-state index in [-0.39, 0.29) is 17.4 Å². The van der Waals surface area contributed by atoms with E-state index in [1.165, 1.54) is 6.20 Å². The van der Waals surface area contributed by atoms with Crippen LogP contribution in [0.3, 0.4) is 0 Å². The van der Waals surface area contributed by atoms with E-state index in [4.69, 9.17) is 5.73 Å². The number of carbonyl (C=O) groups is 1. The first-order chi connectivity index (χ1) is 13.1. The maximum Gasteiger partial charge on any atom is 0.271 e. The lowest BCUT2D eigenvalue weighted by Gasteiger charge is -2.06. The van der Waals surface area contributed by atoms with Crippen molar-refractivity contribution in [3.05, 3.63) is 65.7 Å². The number of imidazole rings is 1. The Balaban J connectivity index is 1.61. The highest BCUT2D eigenvalue weighted by Gasteiger charge is 2.16. The second-order valence-electron chi connectivity index (χ2n) is 6.14. The average molecular weight is 359 g/mol. The minimum Gasteiger partial charge on any atom is -0.382 e. The SMILES string of the molecule is Cc1ccc2nc(-c3nc(C(=O)NCc4cccnc4)cnc3N)[nH]c2c1. The van der Waals surface area contributed by atoms with Crippen molar-refractivity contribution in [2.24, 2.45) is 0 Å². The number of benzene rings is 1. The summed E-state index contributed by atoms with van der Waals surface area (Å²) in [5, 5.41) is 2.79. The molecule has 0 aliphatic carbocycles. The van der Waals surface area contributed by atoms with Gasteiger partial charge in [-0.2, -0.15) is 0 Å². The van der Waals surface area contributed by atoms with Crippen LogP contribution in [0.4, 0.5) is 5.82 Å². The quantitative estimate of drug-likeness (QED) is 0.513. The third kappa shape index (κ3) is 3.45. The average Bonchev–Trinajstić information content (AvgIpc) is 3.10. The Labute approximate surface area is 154 Å². The van der Waals surface area contributed by atoms with Crippen LogP contribution in [0.25, 0.3) is 22.6 Å². The molecule has 0 bridgehead atoms. The first-order valence-electron chi connectivity index (χ1n) is 8.36. The van der Waals surface area contributed by atoms with E-state index >= 15 is 0 Å². The van der Waals surface area contributed by atoms with Gasteiger partial charge in [0, 0.05) is 18.9 Å². The van der Waals surface area contributed by atoms with Crippen LogP contribution in [-0.2, 0) is 6.54 Å². The topological polar surface area (TPSA) is 122 Å². The molecule has 4 rings (SSSR count). The fourth-order valence-corrected chi connectivity index (χ4v) is 2.69. The molecule has 134 valence electrons. The number of aromatic amines is 1. The number of hydrogen-bond donors (Lipinski definition) is 3. The number of pyridine rings is 1. The van der Waals surface area contributed by atoms with Crippen LogP contribution in [0.5, 0.6) is 0 Å². The predicted octanol–water partition coefficient (Wildman–Crippen LogP) is 2.24. The molecule has 0 spiro atoms. The van der Waals surface area contributed by atoms with E-state index in [1.54, 1.807) is 12.4 Å². The molecule has 4 aromatic rings. The Morgan fingerprint density at radius 1 is 1.22 bits per heavy atom. The molecule has 8 heteroatoms. The maximum atomic E-state index is 12.4. The van der Waals surface area contributed by atoms with E-state index in [0.29, 0.717) is 18.1 Å². The first-order valence-corrected chi connectivity index (χ1v) is 8.36. The molecule has 3 aromatic heterocycles. The number of carbonyl (C=O) groups excluding carboxylic acids is 1. The van der Waals surface area contributed by atoms with Gasteiger partial charge in [-0.15, -0.1) is 0 Å². The smallest absolute Gasteiger partial charge is 0.271 e. The molecule has 0 saturated heterocycles. The highest BCUT2D eigenvalue weighted by Crippen LogP contribution is 2.23. The fraction of sp³-hybridized carbons (Fsp3) is 0.105. The molecule has 0 fully saturated rings. The van der Waals surface area contributed by atoms with Gasteiger partial charge < -0.3 is 16.0 Å². The van der Waals surface area contributed by atoms with Crippen molar-refractivity contribution in [1.29, 1.82) is 0 Å². The summed E-state index contributed by atoms with van der Waals surface area (Å²) in [5.41, 5.74) is 10.1. The molecule has 1 aromatic carbocycles. The lowest BCUT2D eigenvalue weighted by molar-refractivity contribution is 0.0945. The van der Waals surface area contributed by atoms with Crippen LogP contribution in [-0.4, -0.2) is 30.8 Å². The third-order valence-electron chi connectivity index (χ3n) is 4.07. The molecule has 0 saturated carbocycles. The van der Waals surface area contributed by atoms with Crippen LogP contribution in [0.1, 0.15) is 21.6 Å². The molecule has 27 heavy (non-hydrogen) atoms. The Kier molecular flexibility index (Phi) is 4.21. The van der Waals surface area contributed by atoms with Crippen LogP contribution in [0, 0.1) is 6.92 Å². The largest absolute Gasteiger partial charge is 0.382 e. The van der Waals surface area contributed by atoms with Gasteiger partial charge in [0.1, 0.15) is 11.4 Å². The van der Waals surface area contributed by atoms with Gasteiger partial charge in [-0.3, -0.25) is 9.78 Å². The number of nitrogen functional groups attached to an aromatic ring is 1. The molecule has 0 aliphatic heterocycles. The van der Waals surface area contributed by atoms with Crippen LogP contribution in [0.15, 0.2) is 48.9 Å². The van der Waals surface area contributed by atoms with E-state index in [2.05, 4.69) is 30.2 Å². The molecule has 8 nitrogen and oxygen atoms in total. The second kappa shape index (κ2) is 6.83. The van der Waals surface area contributed by atoms with E-state index in [0.717, 1.165) is 22.2 Å². The summed E-state index contributed by atoms with van der Waals surface area (Å²) in [4.78, 5) is 32.6. The maximum absolute atomic E-state index is 12.4. The van der Waals surface area contributed by atoms with E-state index < -0.39 is 0 Å². The van der Waals surface area contributed by atoms with Crippen LogP contribution < -0.4 is 11.1 Å². The summed E-state index contributed by atoms with van der Waals surface area (Å²) in [6.07, 6.45) is 4.72. The number of nitrogens with zero attached hydrogens (tertiary/aromatic N) is 4. The van der Waals surface area contributed by atoms with Crippen molar-refractivity contribution in [3.63, 3.8) is 0 Å². The number of nitrogens with two attached hydrogens (primary N) is 1. The number of amides is 1. The molecule has 0 unspecified atom stereocenters. The number of rotatable bonds is 4. The normalized spacial score (nSPS) is 10.9. The van der Waals surface area contributed by atoms with E-state index in [9.17, 15) is 4.79 Å². The number of H-pyrrole nitrogens is 1. The van der Waals surface area contributed by atoms with Crippen molar-refractivity contribution in [1.82, 2.24) is 30.2 Å². The number of aryl methyl sites for hydroxylation is 1. The molecule has 3 heterocycles. The third-order valence-corrected chi connectivity index (χ3v) is 4.07. The summed E-state index contributed by atoms with van der Waals surface area (Å²) in [6.45, 7) is 2.35. The summed E-state index contributed by atoms with van der Waals surface area (Å²) in [5.74, 6) is 0.330. The number of aromatic nitrogens is 5. The zero-order valence-electron chi connectivity index (χ0n) is 14.6. The number of anilines is 1. The summed E-state index contributed by atoms with van der Waals surface area (Å²) < 4.78 is 0. The van der Waals surface area contributed by atoms with Crippen molar-refractivity contribution < 1.29 is 4.79 Å². The van der Waals surface area contributed by atoms with Gasteiger partial charge in [-0.25, -0.2) is 15.0 Å². The minimum atomic E-state index is -0.348. The highest BCUT2D eigenvalue weighted by atomic mass is 16.1. The van der Waals surface area contributed by atoms with Gasteiger partial charge in [0.15, 0.2) is 11.6 Å². The predicted molar refractivity (Wildman–Crippen MR) is 102 cm³/mol. The summed E-state index contributed by atoms with van der Waals surface area (Å²) in [6, 6.07) is 9.57. The van der Waals surface area contributed by atoms with Crippen molar-refractivity contribution in [2.75, 3.05) is 5.73 Å². The van der Waals surface area contributed by atoms with Gasteiger partial charge in [0.25, 0.3) is 5.91 Å². The molecule has 0 atom stereocenters. The monoisotopic (exact) mass is 359 g/mol. The Bertz CT molecular complexity index is 1120. The lowest BCUT2D eigenvalue weighted by Crippen LogP contribution is -2.24. The first kappa shape index (κ1) is 16.6. The zero-order valence-corrected chi connectivity index (χ0v) is 14.6. The standard InChI is InChI=1S/C19H17N7O/c1-11-4-5-13-14(7-11)26-18(25-13)16-17(20)22-10-15(24-16)19(27)23-9-12-3-2-6-21-8-12/h2-8,10H,9H2,1H3,(H2,20,22)(H,23,27)(H,25,26). The summed E-state index contributed by atoms with van der Waals surface area (Å²) >= 11 is 0. The van der Waals surface area contributed by atoms with Gasteiger partial charge in [0.2, 0.25) is 0 Å². The van der Waals surface area contributed by atoms with Gasteiger partial charge in [-0.05, 0) is 36.2 Å². The molecule has 0 aliphatic rings. The Morgan fingerprint density at radius 2 is 2.11 bits per heavy atom. The molecule has 1 amide bonds. The molecular formula is C19H17N7O. The van der Waals surface area contributed by atoms with Crippen molar-refractivity contribution in [2.45, 2.75) is 13.5 Å². The van der Waals surface area contributed by atoms with Crippen LogP contribution >= 0.6 is 0 Å². The highest BCUT2D eigenvalue weighted by molar-refractivity contribution is 5.93. The second-order valence-corrected chi connectivity index (χ2v) is 6.14. The van der Waals surface area contributed by atoms with Crippen molar-refractivity contribution in [3.8, 4) is 11.5 Å². The fourth-order valence-electron chi connectivity index (χ4n) is 2.69. The number of fused-ring (bicyclic) bond motifs is 1. The molecule has 0 radical (unpaired) electrons. The Hall–Kier alpha value is -3.81. The van der Waals surface area contributed by atoms with Gasteiger partial charge in [0.05, 0.1) is 17.2 Å². The van der Waals surface area contributed by atoms with Gasteiger partial charge in [-0.1, -0.05) is 12.1 Å². The van der Waals surface area contributed by atoms with E-state index in [1.807, 2.05) is 37.3 Å². The zero-order chi connectivity index (χ0) is 18.8. The lowest BCUT2D eigenvalue weighted by atomic mass is 10.2. The number of hydrogen-bond acceptors (Lipinski definition) is 6. The number of nitrogens with one attached hydrogen (secondary N) is 2. The molecule has 4 N–H and O–H groups in total. The van der Waals surface area contributed by atoms with Crippen molar-refractivity contribution >= 4 is 22.8 Å².